The van der Waals surface area contributed by atoms with Gasteiger partial charge in [-0.25, -0.2) is 4.79 Å². The van der Waals surface area contributed by atoms with Crippen LogP contribution in [0.25, 0.3) is 0 Å². The second-order valence-electron chi connectivity index (χ2n) is 3.97. The Balaban J connectivity index is 3.01. The van der Waals surface area contributed by atoms with Gasteiger partial charge in [0.1, 0.15) is 0 Å². The second-order valence-corrected chi connectivity index (χ2v) is 3.97. The molecule has 6 heteroatoms. The maximum absolute atomic E-state index is 11.0. The molecular weight excluding hydrogens is 246 g/mol. The van der Waals surface area contributed by atoms with Gasteiger partial charge in [0.05, 0.1) is 36.0 Å². The molecule has 1 rings (SSSR count). The first-order valence-corrected chi connectivity index (χ1v) is 5.83. The molecule has 6 nitrogen and oxygen atoms in total. The summed E-state index contributed by atoms with van der Waals surface area (Å²) in [5, 5.41) is 17.7. The molecule has 0 heterocycles. The van der Waals surface area contributed by atoms with E-state index in [0.717, 1.165) is 0 Å². The number of hydrogen-bond acceptors (Lipinski definition) is 5. The Morgan fingerprint density at radius 2 is 2.26 bits per heavy atom. The van der Waals surface area contributed by atoms with Crippen molar-refractivity contribution >= 4 is 17.3 Å². The Morgan fingerprint density at radius 1 is 1.53 bits per heavy atom. The highest BCUT2D eigenvalue weighted by molar-refractivity contribution is 5.90. The zero-order chi connectivity index (χ0) is 14.3. The molecule has 0 amide bonds. The molecule has 0 saturated carbocycles. The van der Waals surface area contributed by atoms with Gasteiger partial charge in [-0.05, 0) is 18.2 Å². The van der Waals surface area contributed by atoms with Crippen molar-refractivity contribution in [3.8, 4) is 6.07 Å². The van der Waals surface area contributed by atoms with Crippen LogP contribution < -0.4 is 10.6 Å². The number of nitrogen functional groups attached to an aromatic ring is 1. The van der Waals surface area contributed by atoms with E-state index in [0.29, 0.717) is 37.5 Å². The molecule has 0 radical (unpaired) electrons. The largest absolute Gasteiger partial charge is 0.478 e. The van der Waals surface area contributed by atoms with Gasteiger partial charge >= 0.3 is 5.97 Å². The fourth-order valence-electron chi connectivity index (χ4n) is 1.69. The molecular formula is C13H17N3O3. The van der Waals surface area contributed by atoms with Crippen LogP contribution >= 0.6 is 0 Å². The Kier molecular flexibility index (Phi) is 5.64. The smallest absolute Gasteiger partial charge is 0.335 e. The first kappa shape index (κ1) is 14.8. The number of nitrogens with two attached hydrogens (primary N) is 1. The van der Waals surface area contributed by atoms with Gasteiger partial charge in [-0.15, -0.1) is 0 Å². The van der Waals surface area contributed by atoms with Gasteiger partial charge < -0.3 is 20.5 Å². The second kappa shape index (κ2) is 7.24. The molecule has 0 spiro atoms. The molecule has 0 aliphatic rings. The Morgan fingerprint density at radius 3 is 2.84 bits per heavy atom. The van der Waals surface area contributed by atoms with E-state index in [1.165, 1.54) is 12.1 Å². The van der Waals surface area contributed by atoms with Crippen molar-refractivity contribution in [3.63, 3.8) is 0 Å². The molecule has 1 aromatic rings. The van der Waals surface area contributed by atoms with Crippen LogP contribution in [0, 0.1) is 11.3 Å². The third-order valence-electron chi connectivity index (χ3n) is 2.68. The highest BCUT2D eigenvalue weighted by Gasteiger charge is 2.13. The Bertz CT molecular complexity index is 483. The summed E-state index contributed by atoms with van der Waals surface area (Å²) in [5.41, 5.74) is 7.15. The van der Waals surface area contributed by atoms with E-state index in [1.54, 1.807) is 13.2 Å². The van der Waals surface area contributed by atoms with Crippen molar-refractivity contribution in [2.75, 3.05) is 37.4 Å². The lowest BCUT2D eigenvalue weighted by molar-refractivity contribution is 0.0697. The van der Waals surface area contributed by atoms with E-state index in [-0.39, 0.29) is 5.56 Å². The summed E-state index contributed by atoms with van der Waals surface area (Å²) in [6.07, 6.45) is 0.334. The van der Waals surface area contributed by atoms with Gasteiger partial charge in [-0.3, -0.25) is 0 Å². The van der Waals surface area contributed by atoms with Crippen LogP contribution in [0.3, 0.4) is 0 Å². The lowest BCUT2D eigenvalue weighted by atomic mass is 10.1. The zero-order valence-corrected chi connectivity index (χ0v) is 10.8. The number of carboxylic acid groups (broad SMARTS) is 1. The van der Waals surface area contributed by atoms with Crippen molar-refractivity contribution in [1.82, 2.24) is 0 Å². The van der Waals surface area contributed by atoms with E-state index in [2.05, 4.69) is 6.07 Å². The number of hydrogen-bond donors (Lipinski definition) is 2. The van der Waals surface area contributed by atoms with E-state index in [9.17, 15) is 4.79 Å². The molecule has 102 valence electrons. The lowest BCUT2D eigenvalue weighted by Gasteiger charge is -2.25. The lowest BCUT2D eigenvalue weighted by Crippen LogP contribution is -2.29. The van der Waals surface area contributed by atoms with Crippen LogP contribution in [0.1, 0.15) is 16.8 Å². The average molecular weight is 263 g/mol. The molecule has 3 N–H and O–H groups in total. The maximum Gasteiger partial charge on any atom is 0.335 e. The molecule has 0 aliphatic carbocycles. The van der Waals surface area contributed by atoms with E-state index < -0.39 is 5.97 Å². The number of methoxy groups -OCH3 is 1. The minimum Gasteiger partial charge on any atom is -0.478 e. The first-order valence-electron chi connectivity index (χ1n) is 5.83. The number of rotatable bonds is 7. The molecule has 19 heavy (non-hydrogen) atoms. The number of nitrogens with zero attached hydrogens (tertiary/aromatic N) is 2. The third-order valence-corrected chi connectivity index (χ3v) is 2.68. The molecule has 0 saturated heterocycles. The molecule has 0 unspecified atom stereocenters. The standard InChI is InChI=1S/C13H17N3O3/c1-19-8-7-16(6-2-5-14)12-9-10(13(17)18)3-4-11(12)15/h3-4,9H,2,6-8,15H2,1H3,(H,17,18). The number of nitriles is 1. The summed E-state index contributed by atoms with van der Waals surface area (Å²) < 4.78 is 5.01. The van der Waals surface area contributed by atoms with Crippen molar-refractivity contribution in [1.29, 1.82) is 5.26 Å². The van der Waals surface area contributed by atoms with Crippen molar-refractivity contribution < 1.29 is 14.6 Å². The zero-order valence-electron chi connectivity index (χ0n) is 10.8. The summed E-state index contributed by atoms with van der Waals surface area (Å²) in [4.78, 5) is 12.8. The van der Waals surface area contributed by atoms with E-state index in [4.69, 9.17) is 20.8 Å². The van der Waals surface area contributed by atoms with Gasteiger partial charge in [-0.2, -0.15) is 5.26 Å². The van der Waals surface area contributed by atoms with Crippen LogP contribution in [0.2, 0.25) is 0 Å². The summed E-state index contributed by atoms with van der Waals surface area (Å²) in [5.74, 6) is -1.01. The summed E-state index contributed by atoms with van der Waals surface area (Å²) in [6, 6.07) is 6.60. The number of carboxylic acids is 1. The van der Waals surface area contributed by atoms with Crippen LogP contribution in [-0.2, 0) is 4.74 Å². The van der Waals surface area contributed by atoms with Gasteiger partial charge in [0.2, 0.25) is 0 Å². The van der Waals surface area contributed by atoms with Crippen molar-refractivity contribution in [3.05, 3.63) is 23.8 Å². The SMILES string of the molecule is COCCN(CCC#N)c1cc(C(=O)O)ccc1N. The van der Waals surface area contributed by atoms with Gasteiger partial charge in [0.25, 0.3) is 0 Å². The molecule has 0 atom stereocenters. The number of ether oxygens (including phenoxy) is 1. The normalized spacial score (nSPS) is 9.89. The first-order chi connectivity index (χ1) is 9.10. The maximum atomic E-state index is 11.0. The predicted octanol–water partition coefficient (Wildman–Crippen LogP) is 1.33. The average Bonchev–Trinajstić information content (AvgIpc) is 2.40. The summed E-state index contributed by atoms with van der Waals surface area (Å²) in [7, 11) is 1.58. The monoisotopic (exact) mass is 263 g/mol. The highest BCUT2D eigenvalue weighted by atomic mass is 16.5. The van der Waals surface area contributed by atoms with Gasteiger partial charge in [0.15, 0.2) is 0 Å². The van der Waals surface area contributed by atoms with E-state index >= 15 is 0 Å². The molecule has 0 aliphatic heterocycles. The van der Waals surface area contributed by atoms with Crippen LogP contribution in [0.15, 0.2) is 18.2 Å². The highest BCUT2D eigenvalue weighted by Crippen LogP contribution is 2.24. The van der Waals surface area contributed by atoms with Crippen LogP contribution in [0.4, 0.5) is 11.4 Å². The Labute approximate surface area is 112 Å². The minimum absolute atomic E-state index is 0.170. The fraction of sp³-hybridized carbons (Fsp3) is 0.385. The number of anilines is 2. The van der Waals surface area contributed by atoms with Gasteiger partial charge in [-0.1, -0.05) is 0 Å². The number of carbonyl (C=O) groups is 1. The number of benzene rings is 1. The quantitative estimate of drug-likeness (QED) is 0.720. The topological polar surface area (TPSA) is 99.6 Å². The molecule has 0 fully saturated rings. The molecule has 0 bridgehead atoms. The third kappa shape index (κ3) is 4.16. The van der Waals surface area contributed by atoms with Crippen LogP contribution in [-0.4, -0.2) is 37.9 Å². The van der Waals surface area contributed by atoms with Crippen molar-refractivity contribution in [2.24, 2.45) is 0 Å². The molecule has 0 aromatic heterocycles. The van der Waals surface area contributed by atoms with Gasteiger partial charge in [0, 0.05) is 20.2 Å². The minimum atomic E-state index is -1.01. The summed E-state index contributed by atoms with van der Waals surface area (Å²) >= 11 is 0. The Hall–Kier alpha value is -2.26. The predicted molar refractivity (Wildman–Crippen MR) is 72.1 cm³/mol. The van der Waals surface area contributed by atoms with E-state index in [1.807, 2.05) is 4.90 Å². The summed E-state index contributed by atoms with van der Waals surface area (Å²) in [6.45, 7) is 1.50. The van der Waals surface area contributed by atoms with Crippen molar-refractivity contribution in [2.45, 2.75) is 6.42 Å². The number of aromatic carboxylic acids is 1. The van der Waals surface area contributed by atoms with Crippen LogP contribution in [0.5, 0.6) is 0 Å². The molecule has 1 aromatic carbocycles. The fourth-order valence-corrected chi connectivity index (χ4v) is 1.69.